The number of fused-ring (bicyclic) bond motifs is 1. The number of rotatable bonds is 4. The zero-order chi connectivity index (χ0) is 14.8. The van der Waals surface area contributed by atoms with Gasteiger partial charge in [-0.3, -0.25) is 4.90 Å². The third-order valence-electron chi connectivity index (χ3n) is 4.01. The second-order valence-electron chi connectivity index (χ2n) is 5.38. The maximum Gasteiger partial charge on any atom is 0.134 e. The van der Waals surface area contributed by atoms with E-state index in [1.807, 2.05) is 18.2 Å². The summed E-state index contributed by atoms with van der Waals surface area (Å²) in [5.41, 5.74) is 1.92. The zero-order valence-corrected chi connectivity index (χ0v) is 13.1. The largest absolute Gasteiger partial charge is 0.497 e. The molecule has 0 saturated carbocycles. The molecule has 1 unspecified atom stereocenters. The molecule has 1 aliphatic rings. The predicted molar refractivity (Wildman–Crippen MR) is 84.0 cm³/mol. The quantitative estimate of drug-likeness (QED) is 0.813. The second-order valence-corrected chi connectivity index (χ2v) is 5.74. The molecule has 21 heavy (non-hydrogen) atoms. The van der Waals surface area contributed by atoms with Crippen LogP contribution in [0.25, 0.3) is 10.9 Å². The number of halogens is 1. The lowest BCUT2D eigenvalue weighted by molar-refractivity contribution is 0.107. The first-order valence-electron chi connectivity index (χ1n) is 7.08. The fourth-order valence-corrected chi connectivity index (χ4v) is 2.98. The van der Waals surface area contributed by atoms with E-state index in [9.17, 15) is 0 Å². The molecule has 4 nitrogen and oxygen atoms in total. The lowest BCUT2D eigenvalue weighted by Gasteiger charge is -2.16. The van der Waals surface area contributed by atoms with Crippen LogP contribution in [0.5, 0.6) is 5.75 Å². The van der Waals surface area contributed by atoms with Gasteiger partial charge in [0.05, 0.1) is 18.7 Å². The van der Waals surface area contributed by atoms with Crippen LogP contribution in [0.3, 0.4) is 0 Å². The summed E-state index contributed by atoms with van der Waals surface area (Å²) in [4.78, 5) is 6.85. The molecule has 112 valence electrons. The van der Waals surface area contributed by atoms with Gasteiger partial charge >= 0.3 is 0 Å². The average Bonchev–Trinajstić information content (AvgIpc) is 2.95. The van der Waals surface area contributed by atoms with Crippen LogP contribution >= 0.6 is 11.6 Å². The minimum absolute atomic E-state index is 0.335. The number of hydrogen-bond donors (Lipinski definition) is 0. The molecule has 1 fully saturated rings. The van der Waals surface area contributed by atoms with E-state index in [2.05, 4.69) is 16.0 Å². The number of aromatic nitrogens is 1. The first kappa shape index (κ1) is 14.6. The van der Waals surface area contributed by atoms with Crippen LogP contribution in [-0.2, 0) is 11.3 Å². The van der Waals surface area contributed by atoms with E-state index >= 15 is 0 Å². The molecular formula is C16H19ClN2O2. The minimum atomic E-state index is 0.335. The molecule has 0 spiro atoms. The Labute approximate surface area is 129 Å². The molecule has 0 aliphatic carbocycles. The summed E-state index contributed by atoms with van der Waals surface area (Å²) in [6, 6.07) is 7.98. The van der Waals surface area contributed by atoms with Gasteiger partial charge in [-0.25, -0.2) is 4.98 Å². The van der Waals surface area contributed by atoms with Gasteiger partial charge in [0.15, 0.2) is 0 Å². The Morgan fingerprint density at radius 2 is 2.19 bits per heavy atom. The van der Waals surface area contributed by atoms with Crippen LogP contribution in [0.1, 0.15) is 12.0 Å². The Hall–Kier alpha value is -1.36. The van der Waals surface area contributed by atoms with Gasteiger partial charge < -0.3 is 9.47 Å². The van der Waals surface area contributed by atoms with Crippen molar-refractivity contribution in [3.8, 4) is 5.75 Å². The fourth-order valence-electron chi connectivity index (χ4n) is 2.78. The van der Waals surface area contributed by atoms with E-state index in [4.69, 9.17) is 21.1 Å². The average molecular weight is 307 g/mol. The third-order valence-corrected chi connectivity index (χ3v) is 4.33. The van der Waals surface area contributed by atoms with Gasteiger partial charge in [-0.1, -0.05) is 11.6 Å². The zero-order valence-electron chi connectivity index (χ0n) is 12.3. The maximum absolute atomic E-state index is 6.34. The van der Waals surface area contributed by atoms with E-state index in [1.165, 1.54) is 0 Å². The van der Waals surface area contributed by atoms with E-state index in [0.29, 0.717) is 11.3 Å². The highest BCUT2D eigenvalue weighted by atomic mass is 35.5. The Balaban J connectivity index is 1.84. The predicted octanol–water partition coefficient (Wildman–Crippen LogP) is 3.12. The number of pyridine rings is 1. The van der Waals surface area contributed by atoms with Crippen molar-refractivity contribution in [3.63, 3.8) is 0 Å². The minimum Gasteiger partial charge on any atom is -0.497 e. The van der Waals surface area contributed by atoms with Crippen LogP contribution in [0.15, 0.2) is 24.3 Å². The summed E-state index contributed by atoms with van der Waals surface area (Å²) >= 11 is 6.34. The monoisotopic (exact) mass is 306 g/mol. The van der Waals surface area contributed by atoms with Crippen LogP contribution in [-0.4, -0.2) is 43.3 Å². The molecular weight excluding hydrogens is 288 g/mol. The summed E-state index contributed by atoms with van der Waals surface area (Å²) in [5.74, 6) is 0.793. The molecule has 1 aromatic carbocycles. The van der Waals surface area contributed by atoms with Crippen molar-refractivity contribution in [2.75, 3.05) is 27.3 Å². The van der Waals surface area contributed by atoms with Gasteiger partial charge in [0.25, 0.3) is 0 Å². The van der Waals surface area contributed by atoms with E-state index in [1.54, 1.807) is 14.2 Å². The normalized spacial score (nSPS) is 19.3. The van der Waals surface area contributed by atoms with E-state index < -0.39 is 0 Å². The summed E-state index contributed by atoms with van der Waals surface area (Å²) in [6.45, 7) is 2.80. The molecule has 5 heteroatoms. The number of hydrogen-bond acceptors (Lipinski definition) is 4. The number of ether oxygens (including phenoxy) is 2. The molecule has 2 heterocycles. The Morgan fingerprint density at radius 3 is 2.90 bits per heavy atom. The lowest BCUT2D eigenvalue weighted by atomic mass is 10.1. The number of benzene rings is 1. The van der Waals surface area contributed by atoms with Gasteiger partial charge in [-0.2, -0.15) is 0 Å². The number of methoxy groups -OCH3 is 2. The SMILES string of the molecule is COc1ccc2cc(CN3CCC(OC)C3)c(Cl)nc2c1. The molecule has 0 N–H and O–H groups in total. The van der Waals surface area contributed by atoms with Gasteiger partial charge in [-0.05, 0) is 24.6 Å². The van der Waals surface area contributed by atoms with Crippen molar-refractivity contribution < 1.29 is 9.47 Å². The summed E-state index contributed by atoms with van der Waals surface area (Å²) in [6.07, 6.45) is 1.41. The van der Waals surface area contributed by atoms with Crippen LogP contribution in [0.4, 0.5) is 0 Å². The van der Waals surface area contributed by atoms with Gasteiger partial charge in [-0.15, -0.1) is 0 Å². The maximum atomic E-state index is 6.34. The highest BCUT2D eigenvalue weighted by molar-refractivity contribution is 6.30. The first-order valence-corrected chi connectivity index (χ1v) is 7.45. The summed E-state index contributed by atoms with van der Waals surface area (Å²) < 4.78 is 10.6. The van der Waals surface area contributed by atoms with Crippen LogP contribution in [0, 0.1) is 0 Å². The van der Waals surface area contributed by atoms with Gasteiger partial charge in [0, 0.05) is 43.8 Å². The molecule has 1 aliphatic heterocycles. The van der Waals surface area contributed by atoms with Gasteiger partial charge in [0.2, 0.25) is 0 Å². The van der Waals surface area contributed by atoms with Crippen LogP contribution in [0.2, 0.25) is 5.15 Å². The third kappa shape index (κ3) is 3.12. The second kappa shape index (κ2) is 6.18. The molecule has 0 radical (unpaired) electrons. The molecule has 0 amide bonds. The smallest absolute Gasteiger partial charge is 0.134 e. The van der Waals surface area contributed by atoms with Crippen molar-refractivity contribution >= 4 is 22.5 Å². The highest BCUT2D eigenvalue weighted by Gasteiger charge is 2.22. The Morgan fingerprint density at radius 1 is 1.33 bits per heavy atom. The van der Waals surface area contributed by atoms with Crippen molar-refractivity contribution in [2.45, 2.75) is 19.1 Å². The topological polar surface area (TPSA) is 34.6 Å². The van der Waals surface area contributed by atoms with Crippen molar-refractivity contribution in [1.29, 1.82) is 0 Å². The van der Waals surface area contributed by atoms with E-state index in [-0.39, 0.29) is 0 Å². The summed E-state index contributed by atoms with van der Waals surface area (Å²) in [5, 5.41) is 1.65. The van der Waals surface area contributed by atoms with Crippen molar-refractivity contribution in [3.05, 3.63) is 35.0 Å². The van der Waals surface area contributed by atoms with E-state index in [0.717, 1.165) is 48.3 Å². The van der Waals surface area contributed by atoms with Crippen LogP contribution < -0.4 is 4.74 Å². The van der Waals surface area contributed by atoms with Crippen molar-refractivity contribution in [1.82, 2.24) is 9.88 Å². The number of likely N-dealkylation sites (tertiary alicyclic amines) is 1. The molecule has 1 aromatic heterocycles. The molecule has 1 atom stereocenters. The number of nitrogens with zero attached hydrogens (tertiary/aromatic N) is 2. The first-order chi connectivity index (χ1) is 10.2. The summed E-state index contributed by atoms with van der Waals surface area (Å²) in [7, 11) is 3.42. The molecule has 2 aromatic rings. The molecule has 1 saturated heterocycles. The van der Waals surface area contributed by atoms with Gasteiger partial charge in [0.1, 0.15) is 10.9 Å². The van der Waals surface area contributed by atoms with Crippen molar-refractivity contribution in [2.24, 2.45) is 0 Å². The fraction of sp³-hybridized carbons (Fsp3) is 0.438. The standard InChI is InChI=1S/C16H19ClN2O2/c1-20-13-4-3-11-7-12(16(17)18-15(11)8-13)9-19-6-5-14(10-19)21-2/h3-4,7-8,14H,5-6,9-10H2,1-2H3. The molecule has 3 rings (SSSR count). The Kier molecular flexibility index (Phi) is 4.29. The molecule has 0 bridgehead atoms. The Bertz CT molecular complexity index is 647. The lowest BCUT2D eigenvalue weighted by Crippen LogP contribution is -2.22. The highest BCUT2D eigenvalue weighted by Crippen LogP contribution is 2.26.